The van der Waals surface area contributed by atoms with Crippen LogP contribution in [-0.4, -0.2) is 25.5 Å². The first-order chi connectivity index (χ1) is 13.1. The number of carbonyl (C=O) groups is 2. The molecule has 0 spiro atoms. The normalized spacial score (nSPS) is 13.3. The molecule has 6 nitrogen and oxygen atoms in total. The second kappa shape index (κ2) is 8.19. The molecule has 6 heteroatoms. The van der Waals surface area contributed by atoms with Crippen LogP contribution in [0.3, 0.4) is 0 Å². The molecule has 3 rings (SSSR count). The maximum absolute atomic E-state index is 12.9. The van der Waals surface area contributed by atoms with E-state index in [1.165, 1.54) is 13.3 Å². The van der Waals surface area contributed by atoms with Crippen molar-refractivity contribution in [1.29, 1.82) is 5.26 Å². The number of esters is 1. The van der Waals surface area contributed by atoms with Gasteiger partial charge in [-0.2, -0.15) is 5.26 Å². The molecule has 0 saturated carbocycles. The Balaban J connectivity index is 1.81. The minimum atomic E-state index is -0.455. The molecule has 0 bridgehead atoms. The molecule has 1 aliphatic heterocycles. The number of carbonyl (C=O) groups excluding carboxylic acids is 2. The summed E-state index contributed by atoms with van der Waals surface area (Å²) >= 11 is 0. The molecule has 136 valence electrons. The Morgan fingerprint density at radius 1 is 1.22 bits per heavy atom. The SMILES string of the molecule is COC(=O)c1cccc(N/C=C(/C#N)C(=O)N2CCCc3ccccc32)c1. The quantitative estimate of drug-likeness (QED) is 0.513. The maximum atomic E-state index is 12.9. The molecule has 1 heterocycles. The maximum Gasteiger partial charge on any atom is 0.337 e. The fourth-order valence-electron chi connectivity index (χ4n) is 3.04. The first-order valence-corrected chi connectivity index (χ1v) is 8.59. The molecule has 1 aliphatic rings. The van der Waals surface area contributed by atoms with Gasteiger partial charge >= 0.3 is 5.97 Å². The van der Waals surface area contributed by atoms with Crippen molar-refractivity contribution in [1.82, 2.24) is 0 Å². The summed E-state index contributed by atoms with van der Waals surface area (Å²) in [6.45, 7) is 0.576. The molecular weight excluding hydrogens is 342 g/mol. The standard InChI is InChI=1S/C21H19N3O3/c1-27-21(26)16-7-4-9-18(12-16)23-14-17(13-22)20(25)24-11-5-8-15-6-2-3-10-19(15)24/h2-4,6-7,9-10,12,14,23H,5,8,11H2,1H3/b17-14-. The zero-order valence-electron chi connectivity index (χ0n) is 14.9. The first kappa shape index (κ1) is 18.2. The van der Waals surface area contributed by atoms with Gasteiger partial charge in [0.05, 0.1) is 12.7 Å². The van der Waals surface area contributed by atoms with E-state index in [1.54, 1.807) is 29.2 Å². The van der Waals surface area contributed by atoms with Crippen LogP contribution < -0.4 is 10.2 Å². The van der Waals surface area contributed by atoms with Crippen molar-refractivity contribution >= 4 is 23.3 Å². The Morgan fingerprint density at radius 3 is 2.81 bits per heavy atom. The van der Waals surface area contributed by atoms with Crippen molar-refractivity contribution < 1.29 is 14.3 Å². The van der Waals surface area contributed by atoms with E-state index >= 15 is 0 Å². The summed E-state index contributed by atoms with van der Waals surface area (Å²) in [5.74, 6) is -0.801. The number of methoxy groups -OCH3 is 1. The van der Waals surface area contributed by atoms with Crippen molar-refractivity contribution in [2.45, 2.75) is 12.8 Å². The molecule has 2 aromatic rings. The van der Waals surface area contributed by atoms with Crippen LogP contribution in [0.5, 0.6) is 0 Å². The van der Waals surface area contributed by atoms with Gasteiger partial charge in [-0.3, -0.25) is 4.79 Å². The Morgan fingerprint density at radius 2 is 2.04 bits per heavy atom. The van der Waals surface area contributed by atoms with Gasteiger partial charge in [0.2, 0.25) is 0 Å². The number of nitriles is 1. The van der Waals surface area contributed by atoms with Gasteiger partial charge in [-0.1, -0.05) is 24.3 Å². The highest BCUT2D eigenvalue weighted by atomic mass is 16.5. The third-order valence-corrected chi connectivity index (χ3v) is 4.37. The van der Waals surface area contributed by atoms with Gasteiger partial charge in [-0.15, -0.1) is 0 Å². The molecule has 2 aromatic carbocycles. The lowest BCUT2D eigenvalue weighted by Gasteiger charge is -2.29. The number of hydrogen-bond acceptors (Lipinski definition) is 5. The number of anilines is 2. The monoisotopic (exact) mass is 361 g/mol. The largest absolute Gasteiger partial charge is 0.465 e. The van der Waals surface area contributed by atoms with Crippen LogP contribution in [0.25, 0.3) is 0 Å². The number of nitrogens with one attached hydrogen (secondary N) is 1. The number of ether oxygens (including phenoxy) is 1. The van der Waals surface area contributed by atoms with Crippen LogP contribution in [0.15, 0.2) is 60.3 Å². The molecule has 0 fully saturated rings. The van der Waals surface area contributed by atoms with Gasteiger partial charge in [-0.25, -0.2) is 4.79 Å². The van der Waals surface area contributed by atoms with Gasteiger partial charge in [0.25, 0.3) is 5.91 Å². The van der Waals surface area contributed by atoms with Crippen molar-refractivity contribution in [3.63, 3.8) is 0 Å². The van der Waals surface area contributed by atoms with E-state index in [4.69, 9.17) is 4.74 Å². The van der Waals surface area contributed by atoms with Crippen molar-refractivity contribution in [3.05, 3.63) is 71.4 Å². The lowest BCUT2D eigenvalue weighted by atomic mass is 10.0. The molecule has 27 heavy (non-hydrogen) atoms. The number of nitrogens with zero attached hydrogens (tertiary/aromatic N) is 2. The second-order valence-corrected chi connectivity index (χ2v) is 6.08. The van der Waals surface area contributed by atoms with Crippen molar-refractivity contribution in [3.8, 4) is 6.07 Å². The van der Waals surface area contributed by atoms with E-state index in [9.17, 15) is 14.9 Å². The molecule has 0 saturated heterocycles. The summed E-state index contributed by atoms with van der Waals surface area (Å²) in [6.07, 6.45) is 3.15. The lowest BCUT2D eigenvalue weighted by molar-refractivity contribution is -0.114. The highest BCUT2D eigenvalue weighted by Gasteiger charge is 2.24. The number of benzene rings is 2. The van der Waals surface area contributed by atoms with Crippen LogP contribution >= 0.6 is 0 Å². The second-order valence-electron chi connectivity index (χ2n) is 6.08. The van der Waals surface area contributed by atoms with Gasteiger partial charge in [0, 0.05) is 24.1 Å². The average Bonchev–Trinajstić information content (AvgIpc) is 2.73. The van der Waals surface area contributed by atoms with E-state index in [-0.39, 0.29) is 11.5 Å². The number of rotatable bonds is 4. The number of hydrogen-bond donors (Lipinski definition) is 1. The smallest absolute Gasteiger partial charge is 0.337 e. The third-order valence-electron chi connectivity index (χ3n) is 4.37. The topological polar surface area (TPSA) is 82.4 Å². The lowest BCUT2D eigenvalue weighted by Crippen LogP contribution is -2.36. The Hall–Kier alpha value is -3.59. The molecule has 0 aliphatic carbocycles. The predicted molar refractivity (Wildman–Crippen MR) is 102 cm³/mol. The van der Waals surface area contributed by atoms with Gasteiger partial charge in [0.1, 0.15) is 11.6 Å². The van der Waals surface area contributed by atoms with E-state index in [1.807, 2.05) is 30.3 Å². The van der Waals surface area contributed by atoms with Gasteiger partial charge in [0.15, 0.2) is 0 Å². The van der Waals surface area contributed by atoms with Gasteiger partial charge < -0.3 is 15.0 Å². The molecule has 0 unspecified atom stereocenters. The third kappa shape index (κ3) is 3.98. The first-order valence-electron chi connectivity index (χ1n) is 8.59. The van der Waals surface area contributed by atoms with Crippen molar-refractivity contribution in [2.24, 2.45) is 0 Å². The predicted octanol–water partition coefficient (Wildman–Crippen LogP) is 3.27. The minimum Gasteiger partial charge on any atom is -0.465 e. The van der Waals surface area contributed by atoms with E-state index < -0.39 is 5.97 Å². The van der Waals surface area contributed by atoms with Crippen molar-refractivity contribution in [2.75, 3.05) is 23.9 Å². The summed E-state index contributed by atoms with van der Waals surface area (Å²) in [6, 6.07) is 16.3. The summed E-state index contributed by atoms with van der Waals surface area (Å²) in [5, 5.41) is 12.4. The molecule has 1 N–H and O–H groups in total. The fourth-order valence-corrected chi connectivity index (χ4v) is 3.04. The minimum absolute atomic E-state index is 0.00447. The average molecular weight is 361 g/mol. The number of aryl methyl sites for hydroxylation is 1. The molecule has 0 radical (unpaired) electrons. The number of para-hydroxylation sites is 1. The van der Waals surface area contributed by atoms with Crippen LogP contribution in [0, 0.1) is 11.3 Å². The Kier molecular flexibility index (Phi) is 5.53. The molecule has 1 amide bonds. The summed E-state index contributed by atoms with van der Waals surface area (Å²) in [4.78, 5) is 26.1. The molecule has 0 aromatic heterocycles. The Bertz CT molecular complexity index is 944. The summed E-state index contributed by atoms with van der Waals surface area (Å²) in [5.41, 5.74) is 2.91. The Labute approximate surface area is 157 Å². The van der Waals surface area contributed by atoms with E-state index in [0.29, 0.717) is 17.8 Å². The van der Waals surface area contributed by atoms with Gasteiger partial charge in [-0.05, 0) is 42.7 Å². The van der Waals surface area contributed by atoms with Crippen LogP contribution in [-0.2, 0) is 16.0 Å². The molecule has 0 atom stereocenters. The van der Waals surface area contributed by atoms with Crippen LogP contribution in [0.1, 0.15) is 22.3 Å². The number of fused-ring (bicyclic) bond motifs is 1. The van der Waals surface area contributed by atoms with Crippen LogP contribution in [0.4, 0.5) is 11.4 Å². The zero-order valence-corrected chi connectivity index (χ0v) is 14.9. The zero-order chi connectivity index (χ0) is 19.2. The highest BCUT2D eigenvalue weighted by Crippen LogP contribution is 2.27. The summed E-state index contributed by atoms with van der Waals surface area (Å²) in [7, 11) is 1.31. The van der Waals surface area contributed by atoms with Crippen LogP contribution in [0.2, 0.25) is 0 Å². The molecular formula is C21H19N3O3. The fraction of sp³-hybridized carbons (Fsp3) is 0.190. The summed E-state index contributed by atoms with van der Waals surface area (Å²) < 4.78 is 4.69. The highest BCUT2D eigenvalue weighted by molar-refractivity contribution is 6.09. The van der Waals surface area contributed by atoms with E-state index in [2.05, 4.69) is 5.32 Å². The number of amides is 1. The van der Waals surface area contributed by atoms with E-state index in [0.717, 1.165) is 24.1 Å².